The standard InChI is InChI=1S/C18H21ClN2/c1-13-6-8-15-4-2-3-5-18(15)21(13)12-16-9-7-14(11-20)10-17(16)19/h2-5,7,9-10,13H,6,8,11-12,20H2,1H3. The molecule has 1 aliphatic rings. The van der Waals surface area contributed by atoms with Crippen molar-refractivity contribution in [1.29, 1.82) is 0 Å². The van der Waals surface area contributed by atoms with E-state index >= 15 is 0 Å². The van der Waals surface area contributed by atoms with Gasteiger partial charge in [0.1, 0.15) is 0 Å². The lowest BCUT2D eigenvalue weighted by molar-refractivity contribution is 0.560. The zero-order chi connectivity index (χ0) is 14.8. The van der Waals surface area contributed by atoms with Gasteiger partial charge in [0.2, 0.25) is 0 Å². The largest absolute Gasteiger partial charge is 0.364 e. The van der Waals surface area contributed by atoms with E-state index in [4.69, 9.17) is 17.3 Å². The molecule has 2 N–H and O–H groups in total. The third kappa shape index (κ3) is 2.92. The van der Waals surface area contributed by atoms with Crippen LogP contribution in [0.2, 0.25) is 5.02 Å². The van der Waals surface area contributed by atoms with E-state index in [-0.39, 0.29) is 0 Å². The van der Waals surface area contributed by atoms with Crippen LogP contribution in [0.5, 0.6) is 0 Å². The highest BCUT2D eigenvalue weighted by atomic mass is 35.5. The third-order valence-electron chi connectivity index (χ3n) is 4.36. The maximum absolute atomic E-state index is 6.42. The lowest BCUT2D eigenvalue weighted by Crippen LogP contribution is -2.36. The molecule has 21 heavy (non-hydrogen) atoms. The maximum Gasteiger partial charge on any atom is 0.0459 e. The van der Waals surface area contributed by atoms with Gasteiger partial charge in [-0.05, 0) is 48.6 Å². The Balaban J connectivity index is 1.90. The van der Waals surface area contributed by atoms with Gasteiger partial charge in [-0.1, -0.05) is 41.9 Å². The quantitative estimate of drug-likeness (QED) is 0.923. The Bertz CT molecular complexity index is 639. The number of aryl methyl sites for hydroxylation is 1. The molecule has 0 aromatic heterocycles. The monoisotopic (exact) mass is 300 g/mol. The molecule has 1 heterocycles. The van der Waals surface area contributed by atoms with E-state index in [2.05, 4.69) is 48.2 Å². The van der Waals surface area contributed by atoms with Crippen LogP contribution in [0.15, 0.2) is 42.5 Å². The molecule has 0 bridgehead atoms. The number of para-hydroxylation sites is 1. The summed E-state index contributed by atoms with van der Waals surface area (Å²) in [5, 5.41) is 0.813. The van der Waals surface area contributed by atoms with Gasteiger partial charge in [-0.15, -0.1) is 0 Å². The molecule has 0 fully saturated rings. The van der Waals surface area contributed by atoms with Crippen LogP contribution in [0.3, 0.4) is 0 Å². The number of anilines is 1. The van der Waals surface area contributed by atoms with Crippen LogP contribution in [-0.2, 0) is 19.5 Å². The van der Waals surface area contributed by atoms with E-state index in [1.807, 2.05) is 6.07 Å². The second kappa shape index (κ2) is 6.08. The van der Waals surface area contributed by atoms with Gasteiger partial charge >= 0.3 is 0 Å². The molecule has 110 valence electrons. The molecule has 0 radical (unpaired) electrons. The Morgan fingerprint density at radius 1 is 1.24 bits per heavy atom. The molecule has 3 rings (SSSR count). The third-order valence-corrected chi connectivity index (χ3v) is 4.71. The number of hydrogen-bond acceptors (Lipinski definition) is 2. The number of nitrogens with zero attached hydrogens (tertiary/aromatic N) is 1. The van der Waals surface area contributed by atoms with Crippen LogP contribution < -0.4 is 10.6 Å². The molecule has 1 unspecified atom stereocenters. The van der Waals surface area contributed by atoms with Crippen LogP contribution in [-0.4, -0.2) is 6.04 Å². The van der Waals surface area contributed by atoms with Crippen LogP contribution in [0, 0.1) is 0 Å². The fourth-order valence-electron chi connectivity index (χ4n) is 3.03. The Morgan fingerprint density at radius 2 is 2.05 bits per heavy atom. The highest BCUT2D eigenvalue weighted by Crippen LogP contribution is 2.32. The zero-order valence-electron chi connectivity index (χ0n) is 12.3. The summed E-state index contributed by atoms with van der Waals surface area (Å²) in [4.78, 5) is 2.46. The number of hydrogen-bond donors (Lipinski definition) is 1. The molecule has 0 spiro atoms. The molecule has 2 aromatic rings. The summed E-state index contributed by atoms with van der Waals surface area (Å²) in [6.07, 6.45) is 2.35. The molecule has 2 nitrogen and oxygen atoms in total. The fourth-order valence-corrected chi connectivity index (χ4v) is 3.29. The van der Waals surface area contributed by atoms with Gasteiger partial charge in [0.15, 0.2) is 0 Å². The topological polar surface area (TPSA) is 29.3 Å². The molecule has 0 amide bonds. The van der Waals surface area contributed by atoms with Crippen molar-refractivity contribution >= 4 is 17.3 Å². The molecule has 0 saturated carbocycles. The predicted octanol–water partition coefficient (Wildman–Crippen LogP) is 4.14. The van der Waals surface area contributed by atoms with E-state index < -0.39 is 0 Å². The first kappa shape index (κ1) is 14.4. The number of halogens is 1. The summed E-state index contributed by atoms with van der Waals surface area (Å²) in [6.45, 7) is 3.67. The van der Waals surface area contributed by atoms with E-state index in [1.54, 1.807) is 0 Å². The lowest BCUT2D eigenvalue weighted by atomic mass is 9.96. The van der Waals surface area contributed by atoms with E-state index in [1.165, 1.54) is 17.7 Å². The van der Waals surface area contributed by atoms with Gasteiger partial charge in [0, 0.05) is 29.8 Å². The van der Waals surface area contributed by atoms with Crippen molar-refractivity contribution < 1.29 is 0 Å². The Hall–Kier alpha value is -1.51. The summed E-state index contributed by atoms with van der Waals surface area (Å²) in [5.41, 5.74) is 10.7. The van der Waals surface area contributed by atoms with Gasteiger partial charge in [-0.3, -0.25) is 0 Å². The molecule has 0 aliphatic carbocycles. The number of fused-ring (bicyclic) bond motifs is 1. The average Bonchev–Trinajstić information content (AvgIpc) is 2.51. The molecular formula is C18H21ClN2. The first-order chi connectivity index (χ1) is 10.2. The van der Waals surface area contributed by atoms with Crippen molar-refractivity contribution in [2.75, 3.05) is 4.90 Å². The van der Waals surface area contributed by atoms with E-state index in [9.17, 15) is 0 Å². The molecule has 1 aliphatic heterocycles. The van der Waals surface area contributed by atoms with E-state index in [0.29, 0.717) is 12.6 Å². The van der Waals surface area contributed by atoms with Crippen molar-refractivity contribution in [1.82, 2.24) is 0 Å². The molecule has 1 atom stereocenters. The first-order valence-electron chi connectivity index (χ1n) is 7.51. The van der Waals surface area contributed by atoms with E-state index in [0.717, 1.165) is 29.1 Å². The Morgan fingerprint density at radius 3 is 2.81 bits per heavy atom. The maximum atomic E-state index is 6.42. The second-order valence-corrected chi connectivity index (χ2v) is 6.18. The minimum absolute atomic E-state index is 0.531. The van der Waals surface area contributed by atoms with Gasteiger partial charge in [0.25, 0.3) is 0 Å². The minimum atomic E-state index is 0.531. The van der Waals surface area contributed by atoms with Gasteiger partial charge in [-0.25, -0.2) is 0 Å². The number of rotatable bonds is 3. The highest BCUT2D eigenvalue weighted by Gasteiger charge is 2.23. The van der Waals surface area contributed by atoms with Crippen molar-refractivity contribution in [3.63, 3.8) is 0 Å². The second-order valence-electron chi connectivity index (χ2n) is 5.77. The normalized spacial score (nSPS) is 17.7. The molecular weight excluding hydrogens is 280 g/mol. The van der Waals surface area contributed by atoms with Crippen LogP contribution in [0.25, 0.3) is 0 Å². The van der Waals surface area contributed by atoms with Gasteiger partial charge < -0.3 is 10.6 Å². The molecule has 0 saturated heterocycles. The smallest absolute Gasteiger partial charge is 0.0459 e. The minimum Gasteiger partial charge on any atom is -0.364 e. The Kier molecular flexibility index (Phi) is 4.18. The van der Waals surface area contributed by atoms with Crippen LogP contribution >= 0.6 is 11.6 Å². The summed E-state index contributed by atoms with van der Waals surface area (Å²) < 4.78 is 0. The van der Waals surface area contributed by atoms with Gasteiger partial charge in [-0.2, -0.15) is 0 Å². The lowest BCUT2D eigenvalue weighted by Gasteiger charge is -2.37. The first-order valence-corrected chi connectivity index (χ1v) is 7.88. The summed E-state index contributed by atoms with van der Waals surface area (Å²) in [7, 11) is 0. The molecule has 3 heteroatoms. The number of nitrogens with two attached hydrogens (primary N) is 1. The SMILES string of the molecule is CC1CCc2ccccc2N1Cc1ccc(CN)cc1Cl. The Labute approximate surface area is 131 Å². The summed E-state index contributed by atoms with van der Waals surface area (Å²) in [5.74, 6) is 0. The number of benzene rings is 2. The van der Waals surface area contributed by atoms with Crippen LogP contribution in [0.1, 0.15) is 30.0 Å². The summed E-state index contributed by atoms with van der Waals surface area (Å²) in [6, 6.07) is 15.4. The van der Waals surface area contributed by atoms with Crippen molar-refractivity contribution in [2.45, 2.75) is 38.9 Å². The van der Waals surface area contributed by atoms with Crippen molar-refractivity contribution in [2.24, 2.45) is 5.73 Å². The molecule has 2 aromatic carbocycles. The fraction of sp³-hybridized carbons (Fsp3) is 0.333. The highest BCUT2D eigenvalue weighted by molar-refractivity contribution is 6.31. The van der Waals surface area contributed by atoms with Crippen LogP contribution in [0.4, 0.5) is 5.69 Å². The van der Waals surface area contributed by atoms with Crippen molar-refractivity contribution in [3.05, 3.63) is 64.2 Å². The zero-order valence-corrected chi connectivity index (χ0v) is 13.1. The average molecular weight is 301 g/mol. The van der Waals surface area contributed by atoms with Gasteiger partial charge in [0.05, 0.1) is 0 Å². The van der Waals surface area contributed by atoms with Crippen molar-refractivity contribution in [3.8, 4) is 0 Å². The summed E-state index contributed by atoms with van der Waals surface area (Å²) >= 11 is 6.42. The predicted molar refractivity (Wildman–Crippen MR) is 89.8 cm³/mol.